The number of H-pyrrole nitrogens is 1. The van der Waals surface area contributed by atoms with Gasteiger partial charge in [-0.2, -0.15) is 0 Å². The molecule has 1 atom stereocenters. The molecule has 2 aromatic heterocycles. The molecule has 0 saturated carbocycles. The summed E-state index contributed by atoms with van der Waals surface area (Å²) < 4.78 is 16.6. The van der Waals surface area contributed by atoms with Gasteiger partial charge in [0.25, 0.3) is 5.56 Å². The summed E-state index contributed by atoms with van der Waals surface area (Å²) in [6.45, 7) is 1.86. The zero-order valence-corrected chi connectivity index (χ0v) is 19.6. The number of esters is 1. The van der Waals surface area contributed by atoms with E-state index in [9.17, 15) is 14.4 Å². The van der Waals surface area contributed by atoms with Crippen molar-refractivity contribution in [3.8, 4) is 22.6 Å². The maximum Gasteiger partial charge on any atom is 0.336 e. The molecule has 1 N–H and O–H groups in total. The quantitative estimate of drug-likeness (QED) is 0.221. The second-order valence-electron chi connectivity index (χ2n) is 8.89. The maximum absolute atomic E-state index is 13.2. The Morgan fingerprint density at radius 3 is 2.56 bits per heavy atom. The van der Waals surface area contributed by atoms with Gasteiger partial charge in [-0.1, -0.05) is 30.3 Å². The van der Waals surface area contributed by atoms with Gasteiger partial charge in [0.15, 0.2) is 0 Å². The van der Waals surface area contributed by atoms with E-state index in [1.165, 1.54) is 6.07 Å². The van der Waals surface area contributed by atoms with Crippen molar-refractivity contribution in [2.24, 2.45) is 0 Å². The number of hydrogen-bond acceptors (Lipinski definition) is 6. The predicted molar refractivity (Wildman–Crippen MR) is 136 cm³/mol. The molecule has 1 aliphatic rings. The molecule has 0 aliphatic carbocycles. The van der Waals surface area contributed by atoms with Crippen LogP contribution in [0.1, 0.15) is 29.0 Å². The summed E-state index contributed by atoms with van der Waals surface area (Å²) >= 11 is 0. The third-order valence-corrected chi connectivity index (χ3v) is 6.71. The lowest BCUT2D eigenvalue weighted by Gasteiger charge is -2.28. The first-order valence-electron chi connectivity index (χ1n) is 11.5. The Bertz CT molecular complexity index is 1800. The molecule has 0 bridgehead atoms. The number of carbonyl (C=O) groups is 1. The predicted octanol–water partition coefficient (Wildman–Crippen LogP) is 5.06. The van der Waals surface area contributed by atoms with Crippen LogP contribution < -0.4 is 20.7 Å². The Hall–Kier alpha value is -4.65. The lowest BCUT2D eigenvalue weighted by atomic mass is 9.82. The molecule has 36 heavy (non-hydrogen) atoms. The Balaban J connectivity index is 1.64. The average molecular weight is 479 g/mol. The number of hydrogen-bond donors (Lipinski definition) is 1. The van der Waals surface area contributed by atoms with Crippen molar-refractivity contribution in [3.63, 3.8) is 0 Å². The first-order chi connectivity index (χ1) is 17.4. The summed E-state index contributed by atoms with van der Waals surface area (Å²) in [5.74, 6) is -0.0342. The lowest BCUT2D eigenvalue weighted by molar-refractivity contribution is -0.135. The molecule has 1 aliphatic heterocycles. The minimum atomic E-state index is -0.531. The van der Waals surface area contributed by atoms with Crippen LogP contribution in [0.25, 0.3) is 33.0 Å². The molecule has 0 spiro atoms. The molecule has 1 unspecified atom stereocenters. The first-order valence-corrected chi connectivity index (χ1v) is 11.5. The van der Waals surface area contributed by atoms with Crippen LogP contribution in [0.4, 0.5) is 0 Å². The van der Waals surface area contributed by atoms with Gasteiger partial charge in [0.05, 0.1) is 24.4 Å². The van der Waals surface area contributed by atoms with Gasteiger partial charge in [0.1, 0.15) is 17.1 Å². The standard InChI is InChI=1S/C29H21NO6/c1-15-10-23-27(19(13-24(31)35-23)16-6-4-3-5-7-16)28-26(15)20(14-25(32)36-28)21-11-17-8-9-18(34-2)12-22(17)30-29(21)33/h3-13,20H,14H2,1-2H3,(H,30,33). The average Bonchev–Trinajstić information content (AvgIpc) is 2.87. The monoisotopic (exact) mass is 479 g/mol. The summed E-state index contributed by atoms with van der Waals surface area (Å²) in [5.41, 5.74) is 3.53. The summed E-state index contributed by atoms with van der Waals surface area (Å²) in [5, 5.41) is 1.35. The third kappa shape index (κ3) is 3.48. The smallest absolute Gasteiger partial charge is 0.336 e. The molecule has 0 fully saturated rings. The SMILES string of the molecule is COc1ccc2cc(C3CC(=O)Oc4c3c(C)cc3oc(=O)cc(-c5ccccc5)c43)c(=O)[nH]c2c1. The minimum Gasteiger partial charge on any atom is -0.497 e. The number of ether oxygens (including phenoxy) is 2. The van der Waals surface area contributed by atoms with E-state index >= 15 is 0 Å². The van der Waals surface area contributed by atoms with E-state index in [0.717, 1.165) is 22.1 Å². The second kappa shape index (κ2) is 8.23. The molecule has 7 heteroatoms. The van der Waals surface area contributed by atoms with Crippen molar-refractivity contribution in [2.45, 2.75) is 19.3 Å². The van der Waals surface area contributed by atoms with Crippen LogP contribution >= 0.6 is 0 Å². The van der Waals surface area contributed by atoms with Crippen molar-refractivity contribution < 1.29 is 18.7 Å². The number of aromatic nitrogens is 1. The number of aromatic amines is 1. The van der Waals surface area contributed by atoms with Crippen LogP contribution in [0.2, 0.25) is 0 Å². The largest absolute Gasteiger partial charge is 0.497 e. The maximum atomic E-state index is 13.2. The number of methoxy groups -OCH3 is 1. The molecule has 7 nitrogen and oxygen atoms in total. The van der Waals surface area contributed by atoms with Crippen LogP contribution in [-0.4, -0.2) is 18.1 Å². The highest BCUT2D eigenvalue weighted by Gasteiger charge is 2.34. The van der Waals surface area contributed by atoms with E-state index in [-0.39, 0.29) is 12.0 Å². The third-order valence-electron chi connectivity index (χ3n) is 6.71. The number of aryl methyl sites for hydroxylation is 1. The number of carbonyl (C=O) groups excluding carboxylic acids is 1. The zero-order valence-electron chi connectivity index (χ0n) is 19.6. The molecule has 178 valence electrons. The molecule has 0 saturated heterocycles. The van der Waals surface area contributed by atoms with Gasteiger partial charge in [0, 0.05) is 34.7 Å². The Morgan fingerprint density at radius 2 is 1.78 bits per heavy atom. The van der Waals surface area contributed by atoms with E-state index in [1.807, 2.05) is 55.5 Å². The fourth-order valence-corrected chi connectivity index (χ4v) is 5.09. The van der Waals surface area contributed by atoms with E-state index in [4.69, 9.17) is 13.9 Å². The van der Waals surface area contributed by atoms with E-state index in [0.29, 0.717) is 39.1 Å². The Labute approximate surface area is 204 Å². The number of pyridine rings is 1. The normalized spacial score (nSPS) is 15.1. The van der Waals surface area contributed by atoms with E-state index in [1.54, 1.807) is 19.2 Å². The van der Waals surface area contributed by atoms with Crippen molar-refractivity contribution >= 4 is 27.8 Å². The molecule has 6 rings (SSSR count). The molecule has 5 aromatic rings. The number of nitrogens with one attached hydrogen (secondary N) is 1. The van der Waals surface area contributed by atoms with Gasteiger partial charge in [-0.15, -0.1) is 0 Å². The highest BCUT2D eigenvalue weighted by molar-refractivity contribution is 6.01. The van der Waals surface area contributed by atoms with Gasteiger partial charge in [0.2, 0.25) is 0 Å². The summed E-state index contributed by atoms with van der Waals surface area (Å²) in [4.78, 5) is 41.5. The lowest BCUT2D eigenvalue weighted by Crippen LogP contribution is -2.26. The van der Waals surface area contributed by atoms with Crippen LogP contribution in [0.15, 0.2) is 80.7 Å². The Morgan fingerprint density at radius 1 is 0.972 bits per heavy atom. The van der Waals surface area contributed by atoms with Crippen LogP contribution in [0.5, 0.6) is 11.5 Å². The number of fused-ring (bicyclic) bond motifs is 4. The molecule has 3 aromatic carbocycles. The Kier molecular flexibility index (Phi) is 5.00. The molecule has 3 heterocycles. The van der Waals surface area contributed by atoms with Crippen LogP contribution in [0.3, 0.4) is 0 Å². The van der Waals surface area contributed by atoms with Crippen LogP contribution in [0, 0.1) is 6.92 Å². The van der Waals surface area contributed by atoms with Crippen molar-refractivity contribution in [3.05, 3.63) is 104 Å². The molecule has 0 radical (unpaired) electrons. The van der Waals surface area contributed by atoms with E-state index < -0.39 is 17.5 Å². The van der Waals surface area contributed by atoms with Gasteiger partial charge < -0.3 is 18.9 Å². The number of benzene rings is 3. The van der Waals surface area contributed by atoms with Crippen molar-refractivity contribution in [1.29, 1.82) is 0 Å². The van der Waals surface area contributed by atoms with Gasteiger partial charge in [-0.05, 0) is 47.7 Å². The fourth-order valence-electron chi connectivity index (χ4n) is 5.09. The highest BCUT2D eigenvalue weighted by Crippen LogP contribution is 2.46. The minimum absolute atomic E-state index is 0.0154. The van der Waals surface area contributed by atoms with Crippen LogP contribution in [-0.2, 0) is 4.79 Å². The van der Waals surface area contributed by atoms with Gasteiger partial charge in [-0.25, -0.2) is 4.79 Å². The summed E-state index contributed by atoms with van der Waals surface area (Å²) in [7, 11) is 1.57. The van der Waals surface area contributed by atoms with Crippen molar-refractivity contribution in [1.82, 2.24) is 4.98 Å². The van der Waals surface area contributed by atoms with Gasteiger partial charge >= 0.3 is 11.6 Å². The molecular weight excluding hydrogens is 458 g/mol. The zero-order chi connectivity index (χ0) is 25.0. The fraction of sp³-hybridized carbons (Fsp3) is 0.138. The summed E-state index contributed by atoms with van der Waals surface area (Å²) in [6.07, 6.45) is 0.0154. The number of rotatable bonds is 3. The highest BCUT2D eigenvalue weighted by atomic mass is 16.5. The second-order valence-corrected chi connectivity index (χ2v) is 8.89. The van der Waals surface area contributed by atoms with E-state index in [2.05, 4.69) is 4.98 Å². The summed E-state index contributed by atoms with van der Waals surface area (Å²) in [6, 6.07) is 19.8. The molecular formula is C29H21NO6. The molecule has 0 amide bonds. The van der Waals surface area contributed by atoms with Crippen molar-refractivity contribution in [2.75, 3.05) is 7.11 Å². The first kappa shape index (κ1) is 21.9. The topological polar surface area (TPSA) is 98.6 Å². The van der Waals surface area contributed by atoms with Gasteiger partial charge in [-0.3, -0.25) is 9.59 Å².